The molecule has 0 saturated heterocycles. The van der Waals surface area contributed by atoms with Crippen molar-refractivity contribution in [3.63, 3.8) is 0 Å². The maximum Gasteiger partial charge on any atom is 0.329 e. The second-order valence-electron chi connectivity index (χ2n) is 3.13. The fraction of sp³-hybridized carbons (Fsp3) is 0.500. The van der Waals surface area contributed by atoms with E-state index < -0.39 is 4.92 Å². The van der Waals surface area contributed by atoms with Gasteiger partial charge in [-0.05, 0) is 24.8 Å². The second kappa shape index (κ2) is 5.86. The summed E-state index contributed by atoms with van der Waals surface area (Å²) in [6, 6.07) is 0.0691. The zero-order valence-electron chi connectivity index (χ0n) is 8.81. The average Bonchev–Trinajstić information content (AvgIpc) is 2.17. The summed E-state index contributed by atoms with van der Waals surface area (Å²) in [5, 5.41) is 13.6. The first-order chi connectivity index (χ1) is 7.54. The highest BCUT2D eigenvalue weighted by Gasteiger charge is 2.18. The van der Waals surface area contributed by atoms with Crippen LogP contribution in [-0.4, -0.2) is 32.9 Å². The maximum atomic E-state index is 10.7. The van der Waals surface area contributed by atoms with Crippen LogP contribution < -0.4 is 5.32 Å². The third kappa shape index (κ3) is 3.49. The van der Waals surface area contributed by atoms with Crippen LogP contribution in [0, 0.1) is 10.1 Å². The lowest BCUT2D eigenvalue weighted by molar-refractivity contribution is -0.384. The monoisotopic (exact) mass is 262 g/mol. The summed E-state index contributed by atoms with van der Waals surface area (Å²) in [6.45, 7) is 1.91. The van der Waals surface area contributed by atoms with Gasteiger partial charge in [-0.15, -0.1) is 0 Å². The van der Waals surface area contributed by atoms with E-state index >= 15 is 0 Å². The minimum Gasteiger partial charge on any atom is -0.361 e. The molecule has 88 valence electrons. The number of anilines is 1. The van der Waals surface area contributed by atoms with Crippen molar-refractivity contribution in [1.29, 1.82) is 0 Å². The molecule has 1 N–H and O–H groups in total. The topological polar surface area (TPSA) is 81.0 Å². The quantitative estimate of drug-likeness (QED) is 0.498. The molecule has 1 aromatic rings. The van der Waals surface area contributed by atoms with Crippen molar-refractivity contribution in [3.05, 3.63) is 21.6 Å². The summed E-state index contributed by atoms with van der Waals surface area (Å²) < 4.78 is 0. The molecule has 16 heavy (non-hydrogen) atoms. The summed E-state index contributed by atoms with van der Waals surface area (Å²) in [6.07, 6.45) is 3.06. The number of hydrogen-bond donors (Lipinski definition) is 1. The van der Waals surface area contributed by atoms with Gasteiger partial charge in [0.2, 0.25) is 11.1 Å². The van der Waals surface area contributed by atoms with Crippen molar-refractivity contribution in [3.8, 4) is 0 Å². The number of nitrogens with one attached hydrogen (secondary N) is 1. The number of hydrogen-bond acceptors (Lipinski definition) is 6. The molecule has 1 unspecified atom stereocenters. The summed E-state index contributed by atoms with van der Waals surface area (Å²) in [4.78, 5) is 17.6. The van der Waals surface area contributed by atoms with Crippen LogP contribution in [0.4, 0.5) is 11.5 Å². The average molecular weight is 263 g/mol. The number of rotatable bonds is 5. The van der Waals surface area contributed by atoms with Gasteiger partial charge < -0.3 is 5.32 Å². The van der Waals surface area contributed by atoms with Crippen LogP contribution in [-0.2, 0) is 0 Å². The lowest BCUT2D eigenvalue weighted by Crippen LogP contribution is -2.19. The second-order valence-corrected chi connectivity index (χ2v) is 4.38. The Morgan fingerprint density at radius 3 is 3.00 bits per heavy atom. The summed E-state index contributed by atoms with van der Waals surface area (Å²) in [5.41, 5.74) is -0.169. The van der Waals surface area contributed by atoms with Crippen LogP contribution in [0.1, 0.15) is 6.92 Å². The molecule has 6 nitrogen and oxygen atoms in total. The predicted octanol–water partition coefficient (Wildman–Crippen LogP) is 2.20. The van der Waals surface area contributed by atoms with Gasteiger partial charge in [-0.2, -0.15) is 16.7 Å². The fourth-order valence-corrected chi connectivity index (χ4v) is 1.84. The van der Waals surface area contributed by atoms with Crippen LogP contribution >= 0.6 is 23.4 Å². The van der Waals surface area contributed by atoms with Crippen LogP contribution in [0.15, 0.2) is 6.20 Å². The molecule has 1 rings (SSSR count). The minimum absolute atomic E-state index is 0.00977. The number of thioether (sulfide) groups is 1. The molecule has 0 aromatic carbocycles. The van der Waals surface area contributed by atoms with E-state index in [4.69, 9.17) is 11.6 Å². The fourth-order valence-electron chi connectivity index (χ4n) is 1.12. The molecule has 0 fully saturated rings. The SMILES string of the molecule is CSCC(C)Nc1nc(Cl)ncc1[N+](=O)[O-]. The molecule has 0 amide bonds. The van der Waals surface area contributed by atoms with E-state index in [1.165, 1.54) is 0 Å². The third-order valence-corrected chi connectivity index (χ3v) is 2.75. The van der Waals surface area contributed by atoms with E-state index in [-0.39, 0.29) is 22.8 Å². The highest BCUT2D eigenvalue weighted by Crippen LogP contribution is 2.22. The molecule has 1 atom stereocenters. The molecule has 1 heterocycles. The first kappa shape index (κ1) is 13.0. The first-order valence-electron chi connectivity index (χ1n) is 4.47. The van der Waals surface area contributed by atoms with Crippen molar-refractivity contribution in [2.24, 2.45) is 0 Å². The Hall–Kier alpha value is -1.08. The van der Waals surface area contributed by atoms with E-state index in [2.05, 4.69) is 15.3 Å². The molecular formula is C8H11ClN4O2S. The van der Waals surface area contributed by atoms with Gasteiger partial charge in [0.25, 0.3) is 0 Å². The van der Waals surface area contributed by atoms with Crippen molar-refractivity contribution in [1.82, 2.24) is 9.97 Å². The van der Waals surface area contributed by atoms with Crippen molar-refractivity contribution in [2.75, 3.05) is 17.3 Å². The predicted molar refractivity (Wildman–Crippen MR) is 65.2 cm³/mol. The van der Waals surface area contributed by atoms with Gasteiger partial charge in [-0.25, -0.2) is 4.98 Å². The van der Waals surface area contributed by atoms with E-state index in [1.807, 2.05) is 13.2 Å². The summed E-state index contributed by atoms with van der Waals surface area (Å²) in [7, 11) is 0. The van der Waals surface area contributed by atoms with Gasteiger partial charge >= 0.3 is 5.69 Å². The molecule has 1 aromatic heterocycles. The smallest absolute Gasteiger partial charge is 0.329 e. The Morgan fingerprint density at radius 1 is 1.75 bits per heavy atom. The van der Waals surface area contributed by atoms with Crippen LogP contribution in [0.25, 0.3) is 0 Å². The highest BCUT2D eigenvalue weighted by atomic mass is 35.5. The normalized spacial score (nSPS) is 12.2. The van der Waals surface area contributed by atoms with Gasteiger partial charge in [-0.1, -0.05) is 0 Å². The van der Waals surface area contributed by atoms with Gasteiger partial charge in [0.15, 0.2) is 0 Å². The summed E-state index contributed by atoms with van der Waals surface area (Å²) >= 11 is 7.23. The van der Waals surface area contributed by atoms with Crippen molar-refractivity contribution in [2.45, 2.75) is 13.0 Å². The third-order valence-electron chi connectivity index (χ3n) is 1.74. The zero-order valence-corrected chi connectivity index (χ0v) is 10.4. The van der Waals surface area contributed by atoms with Gasteiger partial charge in [-0.3, -0.25) is 10.1 Å². The first-order valence-corrected chi connectivity index (χ1v) is 6.24. The standard InChI is InChI=1S/C8H11ClN4O2S/c1-5(4-16-2)11-7-6(13(14)15)3-10-8(9)12-7/h3,5H,4H2,1-2H3,(H,10,11,12). The molecule has 0 aliphatic carbocycles. The number of nitro groups is 1. The number of nitrogens with zero attached hydrogens (tertiary/aromatic N) is 3. The number of halogens is 1. The molecule has 0 bridgehead atoms. The molecule has 0 aliphatic rings. The van der Waals surface area contributed by atoms with Gasteiger partial charge in [0.05, 0.1) is 4.92 Å². The van der Waals surface area contributed by atoms with E-state index in [0.717, 1.165) is 11.9 Å². The Labute approximate surface area is 102 Å². The Morgan fingerprint density at radius 2 is 2.44 bits per heavy atom. The van der Waals surface area contributed by atoms with Crippen LogP contribution in [0.5, 0.6) is 0 Å². The molecule has 8 heteroatoms. The maximum absolute atomic E-state index is 10.7. The number of aromatic nitrogens is 2. The van der Waals surface area contributed by atoms with Gasteiger partial charge in [0.1, 0.15) is 6.20 Å². The van der Waals surface area contributed by atoms with Crippen molar-refractivity contribution < 1.29 is 4.92 Å². The largest absolute Gasteiger partial charge is 0.361 e. The highest BCUT2D eigenvalue weighted by molar-refractivity contribution is 7.98. The molecule has 0 radical (unpaired) electrons. The van der Waals surface area contributed by atoms with Crippen molar-refractivity contribution >= 4 is 34.9 Å². The minimum atomic E-state index is -0.537. The van der Waals surface area contributed by atoms with E-state index in [1.54, 1.807) is 11.8 Å². The molecular weight excluding hydrogens is 252 g/mol. The Bertz CT molecular complexity index is 390. The Kier molecular flexibility index (Phi) is 4.75. The molecule has 0 aliphatic heterocycles. The lowest BCUT2D eigenvalue weighted by Gasteiger charge is -2.12. The van der Waals surface area contributed by atoms with E-state index in [0.29, 0.717) is 0 Å². The lowest BCUT2D eigenvalue weighted by atomic mass is 10.3. The summed E-state index contributed by atoms with van der Waals surface area (Å²) in [5.74, 6) is 0.977. The van der Waals surface area contributed by atoms with Crippen LogP contribution in [0.2, 0.25) is 5.28 Å². The Balaban J connectivity index is 2.92. The van der Waals surface area contributed by atoms with E-state index in [9.17, 15) is 10.1 Å². The van der Waals surface area contributed by atoms with Crippen LogP contribution in [0.3, 0.4) is 0 Å². The molecule has 0 saturated carbocycles. The molecule has 0 spiro atoms. The van der Waals surface area contributed by atoms with Gasteiger partial charge in [0, 0.05) is 11.8 Å². The zero-order chi connectivity index (χ0) is 12.1.